The van der Waals surface area contributed by atoms with Gasteiger partial charge in [-0.1, -0.05) is 24.3 Å². The molecule has 0 aliphatic rings. The highest BCUT2D eigenvalue weighted by atomic mass is 35.5. The molecule has 0 N–H and O–H groups in total. The predicted molar refractivity (Wildman–Crippen MR) is 72.0 cm³/mol. The van der Waals surface area contributed by atoms with Crippen molar-refractivity contribution in [3.05, 3.63) is 59.2 Å². The maximum Gasteiger partial charge on any atom is 0.145 e. The van der Waals surface area contributed by atoms with Crippen molar-refractivity contribution in [1.82, 2.24) is 0 Å². The Morgan fingerprint density at radius 3 is 2.61 bits per heavy atom. The first kappa shape index (κ1) is 12.5. The molecule has 0 saturated carbocycles. The van der Waals surface area contributed by atoms with Gasteiger partial charge >= 0.3 is 0 Å². The SMILES string of the molecule is Cc1ccccc1Oc1ccc(CCl)cc1C#N. The fourth-order valence-electron chi connectivity index (χ4n) is 1.63. The van der Waals surface area contributed by atoms with Crippen molar-refractivity contribution in [3.63, 3.8) is 0 Å². The van der Waals surface area contributed by atoms with Crippen molar-refractivity contribution >= 4 is 11.6 Å². The zero-order valence-electron chi connectivity index (χ0n) is 9.98. The highest BCUT2D eigenvalue weighted by Gasteiger charge is 2.07. The van der Waals surface area contributed by atoms with Crippen molar-refractivity contribution in [3.8, 4) is 17.6 Å². The number of para-hydroxylation sites is 1. The van der Waals surface area contributed by atoms with Crippen molar-refractivity contribution in [1.29, 1.82) is 5.26 Å². The van der Waals surface area contributed by atoms with Crippen LogP contribution in [0.1, 0.15) is 16.7 Å². The van der Waals surface area contributed by atoms with Gasteiger partial charge in [0.2, 0.25) is 0 Å². The molecule has 3 heteroatoms. The number of rotatable bonds is 3. The Balaban J connectivity index is 2.35. The predicted octanol–water partition coefficient (Wildman–Crippen LogP) is 4.40. The van der Waals surface area contributed by atoms with Crippen LogP contribution in [0.3, 0.4) is 0 Å². The van der Waals surface area contributed by atoms with Gasteiger partial charge < -0.3 is 4.74 Å². The van der Waals surface area contributed by atoms with Crippen LogP contribution in [0, 0.1) is 18.3 Å². The van der Waals surface area contributed by atoms with E-state index in [1.165, 1.54) is 0 Å². The van der Waals surface area contributed by atoms with E-state index in [2.05, 4.69) is 6.07 Å². The van der Waals surface area contributed by atoms with E-state index < -0.39 is 0 Å². The second-order valence-electron chi connectivity index (χ2n) is 3.94. The number of benzene rings is 2. The van der Waals surface area contributed by atoms with Crippen LogP contribution in [0.5, 0.6) is 11.5 Å². The van der Waals surface area contributed by atoms with Gasteiger partial charge in [-0.3, -0.25) is 0 Å². The molecule has 0 spiro atoms. The van der Waals surface area contributed by atoms with Crippen LogP contribution in [-0.4, -0.2) is 0 Å². The molecule has 0 radical (unpaired) electrons. The number of aryl methyl sites for hydroxylation is 1. The third kappa shape index (κ3) is 2.64. The van der Waals surface area contributed by atoms with Crippen LogP contribution in [0.4, 0.5) is 0 Å². The van der Waals surface area contributed by atoms with Crippen LogP contribution in [0.25, 0.3) is 0 Å². The van der Waals surface area contributed by atoms with Gasteiger partial charge in [0.1, 0.15) is 17.6 Å². The monoisotopic (exact) mass is 257 g/mol. The summed E-state index contributed by atoms with van der Waals surface area (Å²) in [6.45, 7) is 1.97. The number of ether oxygens (including phenoxy) is 1. The molecule has 0 aliphatic heterocycles. The van der Waals surface area contributed by atoms with Crippen molar-refractivity contribution in [2.24, 2.45) is 0 Å². The molecule has 0 bridgehead atoms. The van der Waals surface area contributed by atoms with Crippen LogP contribution in [0.2, 0.25) is 0 Å². The van der Waals surface area contributed by atoms with E-state index in [-0.39, 0.29) is 0 Å². The van der Waals surface area contributed by atoms with Gasteiger partial charge in [0.25, 0.3) is 0 Å². The zero-order valence-corrected chi connectivity index (χ0v) is 10.7. The molecule has 0 amide bonds. The fourth-order valence-corrected chi connectivity index (χ4v) is 1.79. The standard InChI is InChI=1S/C15H12ClNO/c1-11-4-2-3-5-14(11)18-15-7-6-12(9-16)8-13(15)10-17/h2-8H,9H2,1H3. The molecule has 0 saturated heterocycles. The number of nitriles is 1. The summed E-state index contributed by atoms with van der Waals surface area (Å²) in [6, 6.07) is 15.2. The van der Waals surface area contributed by atoms with Crippen molar-refractivity contribution < 1.29 is 4.74 Å². The molecular formula is C15H12ClNO. The van der Waals surface area contributed by atoms with E-state index in [1.807, 2.05) is 37.3 Å². The van der Waals surface area contributed by atoms with Crippen LogP contribution >= 0.6 is 11.6 Å². The lowest BCUT2D eigenvalue weighted by Gasteiger charge is -2.10. The summed E-state index contributed by atoms with van der Waals surface area (Å²) < 4.78 is 5.77. The summed E-state index contributed by atoms with van der Waals surface area (Å²) in [4.78, 5) is 0. The third-order valence-electron chi connectivity index (χ3n) is 2.63. The molecule has 0 aromatic heterocycles. The highest BCUT2D eigenvalue weighted by molar-refractivity contribution is 6.17. The largest absolute Gasteiger partial charge is 0.456 e. The minimum Gasteiger partial charge on any atom is -0.456 e. The minimum atomic E-state index is 0.388. The van der Waals surface area contributed by atoms with E-state index in [0.29, 0.717) is 17.2 Å². The number of hydrogen-bond donors (Lipinski definition) is 0. The molecule has 90 valence electrons. The summed E-state index contributed by atoms with van der Waals surface area (Å²) in [7, 11) is 0. The maximum atomic E-state index is 9.11. The number of alkyl halides is 1. The Hall–Kier alpha value is -1.98. The lowest BCUT2D eigenvalue weighted by atomic mass is 10.1. The number of hydrogen-bond acceptors (Lipinski definition) is 2. The molecule has 0 atom stereocenters. The summed E-state index contributed by atoms with van der Waals surface area (Å²) in [5.41, 5.74) is 2.43. The van der Waals surface area contributed by atoms with Gasteiger partial charge in [0.15, 0.2) is 0 Å². The zero-order chi connectivity index (χ0) is 13.0. The minimum absolute atomic E-state index is 0.388. The normalized spacial score (nSPS) is 9.83. The Bertz CT molecular complexity index is 602. The maximum absolute atomic E-state index is 9.11. The van der Waals surface area contributed by atoms with Crippen molar-refractivity contribution in [2.75, 3.05) is 0 Å². The van der Waals surface area contributed by atoms with Gasteiger partial charge in [-0.15, -0.1) is 11.6 Å². The smallest absolute Gasteiger partial charge is 0.145 e. The molecule has 2 nitrogen and oxygen atoms in total. The lowest BCUT2D eigenvalue weighted by Crippen LogP contribution is -1.91. The van der Waals surface area contributed by atoms with Crippen LogP contribution in [0.15, 0.2) is 42.5 Å². The summed E-state index contributed by atoms with van der Waals surface area (Å²) in [5.74, 6) is 1.70. The van der Waals surface area contributed by atoms with Gasteiger partial charge in [0, 0.05) is 5.88 Å². The van der Waals surface area contributed by atoms with Gasteiger partial charge in [-0.05, 0) is 36.2 Å². The Morgan fingerprint density at radius 2 is 1.94 bits per heavy atom. The fraction of sp³-hybridized carbons (Fsp3) is 0.133. The molecule has 2 rings (SSSR count). The molecule has 2 aromatic rings. The van der Waals surface area contributed by atoms with Crippen LogP contribution in [-0.2, 0) is 5.88 Å². The first-order valence-corrected chi connectivity index (χ1v) is 6.10. The van der Waals surface area contributed by atoms with Crippen LogP contribution < -0.4 is 4.74 Å². The van der Waals surface area contributed by atoms with E-state index in [0.717, 1.165) is 16.9 Å². The third-order valence-corrected chi connectivity index (χ3v) is 2.94. The van der Waals surface area contributed by atoms with Gasteiger partial charge in [0.05, 0.1) is 5.56 Å². The van der Waals surface area contributed by atoms with E-state index in [1.54, 1.807) is 12.1 Å². The van der Waals surface area contributed by atoms with E-state index >= 15 is 0 Å². The quantitative estimate of drug-likeness (QED) is 0.764. The second kappa shape index (κ2) is 5.57. The molecule has 0 fully saturated rings. The Kier molecular flexibility index (Phi) is 3.86. The van der Waals surface area contributed by atoms with E-state index in [4.69, 9.17) is 21.6 Å². The van der Waals surface area contributed by atoms with Gasteiger partial charge in [-0.2, -0.15) is 5.26 Å². The molecule has 2 aromatic carbocycles. The number of halogens is 1. The Morgan fingerprint density at radius 1 is 1.17 bits per heavy atom. The average molecular weight is 258 g/mol. The molecule has 0 heterocycles. The second-order valence-corrected chi connectivity index (χ2v) is 4.21. The first-order chi connectivity index (χ1) is 8.74. The van der Waals surface area contributed by atoms with E-state index in [9.17, 15) is 0 Å². The molecular weight excluding hydrogens is 246 g/mol. The molecule has 0 aliphatic carbocycles. The number of nitrogens with zero attached hydrogens (tertiary/aromatic N) is 1. The van der Waals surface area contributed by atoms with Crippen molar-refractivity contribution in [2.45, 2.75) is 12.8 Å². The average Bonchev–Trinajstić information content (AvgIpc) is 2.41. The summed E-state index contributed by atoms with van der Waals surface area (Å²) in [6.07, 6.45) is 0. The summed E-state index contributed by atoms with van der Waals surface area (Å²) >= 11 is 5.74. The highest BCUT2D eigenvalue weighted by Crippen LogP contribution is 2.28. The first-order valence-electron chi connectivity index (χ1n) is 5.57. The topological polar surface area (TPSA) is 33.0 Å². The Labute approximate surface area is 111 Å². The summed E-state index contributed by atoms with van der Waals surface area (Å²) in [5, 5.41) is 9.11. The molecule has 0 unspecified atom stereocenters. The molecule has 18 heavy (non-hydrogen) atoms. The lowest BCUT2D eigenvalue weighted by molar-refractivity contribution is 0.477. The van der Waals surface area contributed by atoms with Gasteiger partial charge in [-0.25, -0.2) is 0 Å².